The zero-order chi connectivity index (χ0) is 44.4. The van der Waals surface area contributed by atoms with Gasteiger partial charge in [0.1, 0.15) is 0 Å². The lowest BCUT2D eigenvalue weighted by Gasteiger charge is -2.35. The molecule has 66 heavy (non-hydrogen) atoms. The van der Waals surface area contributed by atoms with Crippen LogP contribution in [0.25, 0.3) is 44.5 Å². The summed E-state index contributed by atoms with van der Waals surface area (Å²) in [5.74, 6) is 0. The number of hydrogen-bond donors (Lipinski definition) is 0. The summed E-state index contributed by atoms with van der Waals surface area (Å²) in [7, 11) is 0. The molecular weight excluding hydrogens is 793 g/mol. The van der Waals surface area contributed by atoms with Crippen LogP contribution in [0.5, 0.6) is 0 Å². The highest BCUT2D eigenvalue weighted by molar-refractivity contribution is 5.95. The molecule has 314 valence electrons. The SMILES string of the molecule is Cc1ccc(-c2ccc3c(c2)C(c2ccc(C)cc2)(c2ccc(C)c(Cc4ccc(-c5cccc6c5-c5ccccc5C6(c5ccccc5)c5ccccc5)cc4)c2)c2ccccc2-3)cc1. The van der Waals surface area contributed by atoms with Gasteiger partial charge in [-0.15, -0.1) is 0 Å². The minimum atomic E-state index is -0.495. The highest BCUT2D eigenvalue weighted by Gasteiger charge is 2.48. The van der Waals surface area contributed by atoms with Crippen molar-refractivity contribution in [2.45, 2.75) is 38.0 Å². The molecule has 1 unspecified atom stereocenters. The third kappa shape index (κ3) is 6.05. The van der Waals surface area contributed by atoms with Gasteiger partial charge in [-0.25, -0.2) is 0 Å². The lowest BCUT2D eigenvalue weighted by molar-refractivity contribution is 0.765. The first-order chi connectivity index (χ1) is 32.4. The number of hydrogen-bond acceptors (Lipinski definition) is 0. The lowest BCUT2D eigenvalue weighted by Crippen LogP contribution is -2.29. The van der Waals surface area contributed by atoms with Crippen LogP contribution in [-0.2, 0) is 17.3 Å². The van der Waals surface area contributed by atoms with Gasteiger partial charge in [0, 0.05) is 0 Å². The van der Waals surface area contributed by atoms with Crippen LogP contribution in [0.1, 0.15) is 72.3 Å². The van der Waals surface area contributed by atoms with Gasteiger partial charge < -0.3 is 0 Å². The van der Waals surface area contributed by atoms with Crippen LogP contribution in [0.15, 0.2) is 237 Å². The van der Waals surface area contributed by atoms with E-state index in [1.54, 1.807) is 0 Å². The molecule has 0 fully saturated rings. The van der Waals surface area contributed by atoms with E-state index in [2.05, 4.69) is 257 Å². The summed E-state index contributed by atoms with van der Waals surface area (Å²) in [4.78, 5) is 0. The van der Waals surface area contributed by atoms with E-state index < -0.39 is 10.8 Å². The Morgan fingerprint density at radius 2 is 0.788 bits per heavy atom. The van der Waals surface area contributed by atoms with Crippen LogP contribution >= 0.6 is 0 Å². The molecule has 10 aromatic rings. The highest BCUT2D eigenvalue weighted by atomic mass is 14.5. The van der Waals surface area contributed by atoms with Crippen molar-refractivity contribution >= 4 is 0 Å². The van der Waals surface area contributed by atoms with Crippen LogP contribution in [-0.4, -0.2) is 0 Å². The normalized spacial score (nSPS) is 15.1. The second-order valence-corrected chi connectivity index (χ2v) is 18.6. The molecule has 0 saturated carbocycles. The molecule has 0 heteroatoms. The fourth-order valence-corrected chi connectivity index (χ4v) is 11.6. The first-order valence-corrected chi connectivity index (χ1v) is 23.4. The van der Waals surface area contributed by atoms with Gasteiger partial charge in [-0.05, 0) is 139 Å². The predicted octanol–water partition coefficient (Wildman–Crippen LogP) is 16.3. The van der Waals surface area contributed by atoms with E-state index in [4.69, 9.17) is 0 Å². The average Bonchev–Trinajstić information content (AvgIpc) is 3.84. The van der Waals surface area contributed by atoms with Crippen LogP contribution in [0.4, 0.5) is 0 Å². The molecule has 0 amide bonds. The van der Waals surface area contributed by atoms with E-state index in [-0.39, 0.29) is 0 Å². The summed E-state index contributed by atoms with van der Waals surface area (Å²) in [6.07, 6.45) is 0.836. The summed E-state index contributed by atoms with van der Waals surface area (Å²) in [5, 5.41) is 0. The zero-order valence-electron chi connectivity index (χ0n) is 37.7. The number of aryl methyl sites for hydroxylation is 3. The quantitative estimate of drug-likeness (QED) is 0.143. The van der Waals surface area contributed by atoms with Gasteiger partial charge in [-0.3, -0.25) is 0 Å². The number of benzene rings is 10. The van der Waals surface area contributed by atoms with Crippen LogP contribution in [0, 0.1) is 20.8 Å². The molecule has 10 aromatic carbocycles. The molecule has 1 atom stereocenters. The number of fused-ring (bicyclic) bond motifs is 6. The molecule has 0 radical (unpaired) electrons. The standard InChI is InChI=1S/C66H50/c1-44-25-32-48(33-26-44)50-36-40-58-57-19-10-12-22-60(57)66(63(58)43-50,54-37-27-45(2)28-38-54)55-39-29-46(3)51(42-55)41-47-30-34-49(35-31-47)56-21-14-24-62-64(56)59-20-11-13-23-61(59)65(62,52-15-6-4-7-16-52)53-17-8-5-9-18-53/h4-40,42-43H,41H2,1-3H3. The van der Waals surface area contributed by atoms with E-state index in [0.717, 1.165) is 6.42 Å². The Morgan fingerprint density at radius 1 is 0.303 bits per heavy atom. The smallest absolute Gasteiger partial charge is 0.0622 e. The summed E-state index contributed by atoms with van der Waals surface area (Å²) in [6, 6.07) is 89.3. The summed E-state index contributed by atoms with van der Waals surface area (Å²) < 4.78 is 0. The maximum Gasteiger partial charge on any atom is 0.0713 e. The molecule has 0 spiro atoms. The van der Waals surface area contributed by atoms with Crippen molar-refractivity contribution in [3.63, 3.8) is 0 Å². The third-order valence-electron chi connectivity index (χ3n) is 14.8. The monoisotopic (exact) mass is 842 g/mol. The molecule has 0 nitrogen and oxygen atoms in total. The Balaban J connectivity index is 0.966. The zero-order valence-corrected chi connectivity index (χ0v) is 37.7. The van der Waals surface area contributed by atoms with Crippen LogP contribution < -0.4 is 0 Å². The largest absolute Gasteiger partial charge is 0.0713 e. The summed E-state index contributed by atoms with van der Waals surface area (Å²) >= 11 is 0. The molecule has 0 saturated heterocycles. The van der Waals surface area contributed by atoms with Crippen LogP contribution in [0.2, 0.25) is 0 Å². The Labute approximate surface area is 389 Å². The van der Waals surface area contributed by atoms with Gasteiger partial charge >= 0.3 is 0 Å². The Kier molecular flexibility index (Phi) is 9.47. The van der Waals surface area contributed by atoms with E-state index in [9.17, 15) is 0 Å². The molecule has 0 heterocycles. The second-order valence-electron chi connectivity index (χ2n) is 18.6. The van der Waals surface area contributed by atoms with Crippen molar-refractivity contribution in [2.75, 3.05) is 0 Å². The first kappa shape index (κ1) is 39.8. The molecule has 0 bridgehead atoms. The minimum absolute atomic E-state index is 0.425. The molecule has 0 N–H and O–H groups in total. The van der Waals surface area contributed by atoms with Crippen molar-refractivity contribution in [3.05, 3.63) is 309 Å². The van der Waals surface area contributed by atoms with Gasteiger partial charge in [0.25, 0.3) is 0 Å². The second kappa shape index (κ2) is 15.7. The average molecular weight is 843 g/mol. The topological polar surface area (TPSA) is 0 Å². The van der Waals surface area contributed by atoms with Gasteiger partial charge in [0.2, 0.25) is 0 Å². The molecule has 2 aliphatic rings. The van der Waals surface area contributed by atoms with E-state index >= 15 is 0 Å². The molecule has 0 aromatic heterocycles. The van der Waals surface area contributed by atoms with Crippen molar-refractivity contribution in [3.8, 4) is 44.5 Å². The Bertz CT molecular complexity index is 3390. The third-order valence-corrected chi connectivity index (χ3v) is 14.8. The van der Waals surface area contributed by atoms with Gasteiger partial charge in [0.15, 0.2) is 0 Å². The molecule has 0 aliphatic heterocycles. The first-order valence-electron chi connectivity index (χ1n) is 23.4. The minimum Gasteiger partial charge on any atom is -0.0622 e. The van der Waals surface area contributed by atoms with Crippen molar-refractivity contribution in [1.82, 2.24) is 0 Å². The fourth-order valence-electron chi connectivity index (χ4n) is 11.6. The van der Waals surface area contributed by atoms with E-state index in [0.29, 0.717) is 0 Å². The molecule has 2 aliphatic carbocycles. The van der Waals surface area contributed by atoms with Gasteiger partial charge in [-0.1, -0.05) is 242 Å². The molecule has 12 rings (SSSR count). The number of rotatable bonds is 8. The predicted molar refractivity (Wildman–Crippen MR) is 275 cm³/mol. The van der Waals surface area contributed by atoms with Crippen LogP contribution in [0.3, 0.4) is 0 Å². The Hall–Kier alpha value is -7.80. The molecular formula is C66H50. The lowest BCUT2D eigenvalue weighted by atomic mass is 9.67. The fraction of sp³-hybridized carbons (Fsp3) is 0.0909. The summed E-state index contributed by atoms with van der Waals surface area (Å²) in [5.41, 5.74) is 26.3. The van der Waals surface area contributed by atoms with E-state index in [1.165, 1.54) is 117 Å². The van der Waals surface area contributed by atoms with Crippen molar-refractivity contribution < 1.29 is 0 Å². The van der Waals surface area contributed by atoms with Crippen molar-refractivity contribution in [2.24, 2.45) is 0 Å². The van der Waals surface area contributed by atoms with Gasteiger partial charge in [-0.2, -0.15) is 0 Å². The summed E-state index contributed by atoms with van der Waals surface area (Å²) in [6.45, 7) is 6.61. The van der Waals surface area contributed by atoms with Gasteiger partial charge in [0.05, 0.1) is 10.8 Å². The highest BCUT2D eigenvalue weighted by Crippen LogP contribution is 2.59. The van der Waals surface area contributed by atoms with E-state index in [1.807, 2.05) is 0 Å². The maximum atomic E-state index is 2.52. The van der Waals surface area contributed by atoms with Crippen molar-refractivity contribution in [1.29, 1.82) is 0 Å². The Morgan fingerprint density at radius 3 is 1.47 bits per heavy atom. The maximum absolute atomic E-state index is 2.52.